The van der Waals surface area contributed by atoms with E-state index in [1.165, 1.54) is 19.0 Å². The van der Waals surface area contributed by atoms with E-state index in [4.69, 9.17) is 4.74 Å². The Morgan fingerprint density at radius 3 is 3.06 bits per heavy atom. The molecule has 96 valence electrons. The summed E-state index contributed by atoms with van der Waals surface area (Å²) in [5.74, 6) is 0.772. The first-order chi connectivity index (χ1) is 8.75. The van der Waals surface area contributed by atoms with Crippen LogP contribution in [-0.4, -0.2) is 33.5 Å². The van der Waals surface area contributed by atoms with Crippen LogP contribution in [0, 0.1) is 11.8 Å². The van der Waals surface area contributed by atoms with Crippen molar-refractivity contribution in [2.45, 2.75) is 31.5 Å². The Morgan fingerprint density at radius 1 is 1.50 bits per heavy atom. The van der Waals surface area contributed by atoms with Gasteiger partial charge in [0.1, 0.15) is 11.4 Å². The molecule has 3 unspecified atom stereocenters. The van der Waals surface area contributed by atoms with Gasteiger partial charge in [0.25, 0.3) is 0 Å². The molecule has 2 fully saturated rings. The molecule has 1 saturated heterocycles. The fourth-order valence-corrected chi connectivity index (χ4v) is 3.24. The minimum atomic E-state index is -0.935. The molecule has 18 heavy (non-hydrogen) atoms. The molecule has 1 saturated carbocycles. The monoisotopic (exact) mass is 249 g/mol. The summed E-state index contributed by atoms with van der Waals surface area (Å²) in [6.45, 7) is 0.738. The second kappa shape index (κ2) is 3.47. The summed E-state index contributed by atoms with van der Waals surface area (Å²) in [6.07, 6.45) is 4.83. The van der Waals surface area contributed by atoms with E-state index in [0.717, 1.165) is 13.0 Å². The lowest BCUT2D eigenvalue weighted by molar-refractivity contribution is 0.0118. The maximum atomic E-state index is 11.2. The number of rotatable bonds is 2. The van der Waals surface area contributed by atoms with Gasteiger partial charge in [-0.1, -0.05) is 0 Å². The zero-order valence-electron chi connectivity index (χ0n) is 9.87. The summed E-state index contributed by atoms with van der Waals surface area (Å²) < 4.78 is 7.46. The maximum Gasteiger partial charge on any atom is 0.341 e. The average molecular weight is 249 g/mol. The summed E-state index contributed by atoms with van der Waals surface area (Å²) in [4.78, 5) is 11.2. The summed E-state index contributed by atoms with van der Waals surface area (Å²) in [6, 6.07) is 0.347. The lowest BCUT2D eigenvalue weighted by atomic mass is 9.91. The average Bonchev–Trinajstić information content (AvgIpc) is 2.90. The molecule has 1 aromatic rings. The van der Waals surface area contributed by atoms with Crippen molar-refractivity contribution in [2.75, 3.05) is 11.9 Å². The third-order valence-electron chi connectivity index (χ3n) is 4.27. The number of carboxylic acids is 1. The molecule has 1 aliphatic carbocycles. The van der Waals surface area contributed by atoms with Gasteiger partial charge in [-0.05, 0) is 25.2 Å². The van der Waals surface area contributed by atoms with Crippen molar-refractivity contribution < 1.29 is 14.6 Å². The Morgan fingerprint density at radius 2 is 2.33 bits per heavy atom. The van der Waals surface area contributed by atoms with Crippen LogP contribution < -0.4 is 5.32 Å². The fraction of sp³-hybridized carbons (Fsp3) is 0.667. The van der Waals surface area contributed by atoms with E-state index >= 15 is 0 Å². The normalized spacial score (nSPS) is 33.7. The van der Waals surface area contributed by atoms with E-state index in [-0.39, 0.29) is 11.8 Å². The van der Waals surface area contributed by atoms with Crippen LogP contribution in [0.3, 0.4) is 0 Å². The smallest absolute Gasteiger partial charge is 0.341 e. The molecular formula is C12H15N3O3. The highest BCUT2D eigenvalue weighted by Gasteiger charge is 2.48. The molecule has 3 atom stereocenters. The van der Waals surface area contributed by atoms with Crippen molar-refractivity contribution in [3.05, 3.63) is 11.8 Å². The van der Waals surface area contributed by atoms with E-state index < -0.39 is 5.97 Å². The topological polar surface area (TPSA) is 76.4 Å². The largest absolute Gasteiger partial charge is 0.477 e. The number of ether oxygens (including phenoxy) is 1. The number of anilines is 1. The van der Waals surface area contributed by atoms with E-state index in [2.05, 4.69) is 10.4 Å². The fourth-order valence-electron chi connectivity index (χ4n) is 3.24. The Bertz CT molecular complexity index is 509. The second-order valence-corrected chi connectivity index (χ2v) is 5.38. The van der Waals surface area contributed by atoms with E-state index in [9.17, 15) is 9.90 Å². The van der Waals surface area contributed by atoms with Gasteiger partial charge in [0.2, 0.25) is 0 Å². The Balaban J connectivity index is 1.78. The SMILES string of the molecule is O=C(O)c1cnn2c1NC(C1CC1)C1CCOC12. The standard InChI is InChI=1S/C12H15N3O3/c16-12(17)8-5-13-15-10(8)14-9(6-1-2-6)7-3-4-18-11(7)15/h5-7,9,11,14H,1-4H2,(H,16,17). The predicted molar refractivity (Wildman–Crippen MR) is 62.4 cm³/mol. The van der Waals surface area contributed by atoms with Crippen LogP contribution in [0.15, 0.2) is 6.20 Å². The Labute approximate surface area is 104 Å². The van der Waals surface area contributed by atoms with Gasteiger partial charge in [-0.3, -0.25) is 0 Å². The van der Waals surface area contributed by atoms with E-state index in [1.54, 1.807) is 4.68 Å². The molecule has 0 radical (unpaired) electrons. The highest BCUT2D eigenvalue weighted by molar-refractivity contribution is 5.93. The van der Waals surface area contributed by atoms with Crippen molar-refractivity contribution >= 4 is 11.8 Å². The molecule has 2 N–H and O–H groups in total. The summed E-state index contributed by atoms with van der Waals surface area (Å²) >= 11 is 0. The molecular weight excluding hydrogens is 234 g/mol. The number of hydrogen-bond acceptors (Lipinski definition) is 4. The van der Waals surface area contributed by atoms with Crippen LogP contribution in [0.2, 0.25) is 0 Å². The predicted octanol–water partition coefficient (Wildman–Crippen LogP) is 1.32. The molecule has 3 heterocycles. The number of nitrogens with one attached hydrogen (secondary N) is 1. The van der Waals surface area contributed by atoms with Crippen molar-refractivity contribution in [3.8, 4) is 0 Å². The molecule has 3 aliphatic rings. The molecule has 6 heteroatoms. The van der Waals surface area contributed by atoms with E-state index in [0.29, 0.717) is 23.7 Å². The number of fused-ring (bicyclic) bond motifs is 3. The van der Waals surface area contributed by atoms with E-state index in [1.807, 2.05) is 0 Å². The summed E-state index contributed by atoms with van der Waals surface area (Å²) in [5, 5.41) is 16.8. The summed E-state index contributed by atoms with van der Waals surface area (Å²) in [7, 11) is 0. The number of aromatic nitrogens is 2. The minimum Gasteiger partial charge on any atom is -0.477 e. The summed E-state index contributed by atoms with van der Waals surface area (Å²) in [5.41, 5.74) is 0.245. The molecule has 1 aromatic heterocycles. The molecule has 0 bridgehead atoms. The zero-order chi connectivity index (χ0) is 12.3. The lowest BCUT2D eigenvalue weighted by Gasteiger charge is -2.35. The Hall–Kier alpha value is -1.56. The van der Waals surface area contributed by atoms with Crippen LogP contribution in [0.1, 0.15) is 35.8 Å². The van der Waals surface area contributed by atoms with Gasteiger partial charge in [-0.25, -0.2) is 9.48 Å². The third-order valence-corrected chi connectivity index (χ3v) is 4.27. The number of aromatic carboxylic acids is 1. The van der Waals surface area contributed by atoms with Gasteiger partial charge in [0.15, 0.2) is 6.23 Å². The van der Waals surface area contributed by atoms with Gasteiger partial charge in [0, 0.05) is 18.6 Å². The first-order valence-corrected chi connectivity index (χ1v) is 6.44. The van der Waals surface area contributed by atoms with Crippen LogP contribution in [-0.2, 0) is 4.74 Å². The quantitative estimate of drug-likeness (QED) is 0.826. The van der Waals surface area contributed by atoms with Gasteiger partial charge < -0.3 is 15.2 Å². The number of carboxylic acid groups (broad SMARTS) is 1. The first-order valence-electron chi connectivity index (χ1n) is 6.44. The van der Waals surface area contributed by atoms with Crippen LogP contribution in [0.5, 0.6) is 0 Å². The highest BCUT2D eigenvalue weighted by Crippen LogP contribution is 2.48. The van der Waals surface area contributed by atoms with Crippen molar-refractivity contribution in [3.63, 3.8) is 0 Å². The highest BCUT2D eigenvalue weighted by atomic mass is 16.5. The molecule has 0 spiro atoms. The maximum absolute atomic E-state index is 11.2. The molecule has 6 nitrogen and oxygen atoms in total. The Kier molecular flexibility index (Phi) is 2.00. The van der Waals surface area contributed by atoms with Crippen LogP contribution in [0.25, 0.3) is 0 Å². The number of nitrogens with zero attached hydrogens (tertiary/aromatic N) is 2. The molecule has 4 rings (SSSR count). The molecule has 0 aromatic carbocycles. The van der Waals surface area contributed by atoms with Crippen molar-refractivity contribution in [2.24, 2.45) is 11.8 Å². The van der Waals surface area contributed by atoms with Gasteiger partial charge in [0.05, 0.1) is 6.20 Å². The molecule has 2 aliphatic heterocycles. The first kappa shape index (κ1) is 10.4. The lowest BCUT2D eigenvalue weighted by Crippen LogP contribution is -2.41. The van der Waals surface area contributed by atoms with Crippen LogP contribution >= 0.6 is 0 Å². The second-order valence-electron chi connectivity index (χ2n) is 5.38. The van der Waals surface area contributed by atoms with Crippen LogP contribution in [0.4, 0.5) is 5.82 Å². The number of hydrogen-bond donors (Lipinski definition) is 2. The third kappa shape index (κ3) is 1.32. The van der Waals surface area contributed by atoms with Gasteiger partial charge in [-0.2, -0.15) is 5.10 Å². The zero-order valence-corrected chi connectivity index (χ0v) is 9.87. The minimum absolute atomic E-state index is 0.0834. The number of carbonyl (C=O) groups is 1. The molecule has 0 amide bonds. The van der Waals surface area contributed by atoms with Crippen molar-refractivity contribution in [1.82, 2.24) is 9.78 Å². The van der Waals surface area contributed by atoms with Crippen molar-refractivity contribution in [1.29, 1.82) is 0 Å². The van der Waals surface area contributed by atoms with Gasteiger partial charge >= 0.3 is 5.97 Å². The van der Waals surface area contributed by atoms with Gasteiger partial charge in [-0.15, -0.1) is 0 Å².